The van der Waals surface area contributed by atoms with Gasteiger partial charge in [-0.1, -0.05) is 12.1 Å². The van der Waals surface area contributed by atoms with Gasteiger partial charge in [0.25, 0.3) is 0 Å². The Kier molecular flexibility index (Phi) is 3.77. The molecular formula is C14H19N3O. The van der Waals surface area contributed by atoms with Crippen molar-refractivity contribution in [3.05, 3.63) is 30.6 Å². The molecule has 18 heavy (non-hydrogen) atoms. The number of aromatic nitrogens is 2. The van der Waals surface area contributed by atoms with Crippen molar-refractivity contribution in [3.63, 3.8) is 0 Å². The number of anilines is 1. The summed E-state index contributed by atoms with van der Waals surface area (Å²) >= 11 is 0. The van der Waals surface area contributed by atoms with Gasteiger partial charge < -0.3 is 10.1 Å². The number of rotatable bonds is 5. The predicted molar refractivity (Wildman–Crippen MR) is 73.7 cm³/mol. The summed E-state index contributed by atoms with van der Waals surface area (Å²) in [5.74, 6) is 0.855. The predicted octanol–water partition coefficient (Wildman–Crippen LogP) is 2.86. The minimum absolute atomic E-state index is 0.208. The summed E-state index contributed by atoms with van der Waals surface area (Å²) in [5, 5.41) is 4.37. The van der Waals surface area contributed by atoms with E-state index in [2.05, 4.69) is 29.1 Å². The summed E-state index contributed by atoms with van der Waals surface area (Å²) in [5.41, 5.74) is 0.741. The summed E-state index contributed by atoms with van der Waals surface area (Å²) in [7, 11) is 0. The van der Waals surface area contributed by atoms with Crippen molar-refractivity contribution in [2.24, 2.45) is 0 Å². The van der Waals surface area contributed by atoms with E-state index < -0.39 is 0 Å². The molecule has 2 aromatic rings. The van der Waals surface area contributed by atoms with Crippen LogP contribution >= 0.6 is 0 Å². The molecule has 4 nitrogen and oxygen atoms in total. The first-order valence-electron chi connectivity index (χ1n) is 6.20. The number of benzene rings is 1. The lowest BCUT2D eigenvalue weighted by atomic mass is 10.1. The van der Waals surface area contributed by atoms with Gasteiger partial charge in [-0.25, -0.2) is 9.97 Å². The molecule has 0 saturated carbocycles. The molecule has 0 spiro atoms. The number of nitrogens with zero attached hydrogens (tertiary/aromatic N) is 2. The number of ether oxygens (including phenoxy) is 1. The normalized spacial score (nSPS) is 11.7. The Morgan fingerprint density at radius 1 is 1.22 bits per heavy atom. The Morgan fingerprint density at radius 2 is 2.00 bits per heavy atom. The van der Waals surface area contributed by atoms with Crippen LogP contribution in [-0.4, -0.2) is 28.7 Å². The molecule has 0 radical (unpaired) electrons. The fraction of sp³-hybridized carbons (Fsp3) is 0.429. The quantitative estimate of drug-likeness (QED) is 0.880. The van der Waals surface area contributed by atoms with E-state index in [1.165, 1.54) is 0 Å². The summed E-state index contributed by atoms with van der Waals surface area (Å²) in [6.45, 7) is 7.54. The van der Waals surface area contributed by atoms with Gasteiger partial charge in [0.15, 0.2) is 0 Å². The highest BCUT2D eigenvalue weighted by Gasteiger charge is 2.17. The molecule has 0 aliphatic rings. The average molecular weight is 245 g/mol. The van der Waals surface area contributed by atoms with E-state index in [0.717, 1.165) is 16.7 Å². The van der Waals surface area contributed by atoms with E-state index in [1.54, 1.807) is 6.33 Å². The van der Waals surface area contributed by atoms with E-state index in [-0.39, 0.29) is 5.60 Å². The van der Waals surface area contributed by atoms with E-state index in [4.69, 9.17) is 4.74 Å². The number of hydrogen-bond acceptors (Lipinski definition) is 4. The van der Waals surface area contributed by atoms with Gasteiger partial charge in [-0.3, -0.25) is 0 Å². The van der Waals surface area contributed by atoms with Crippen molar-refractivity contribution in [3.8, 4) is 0 Å². The van der Waals surface area contributed by atoms with Crippen LogP contribution in [0.5, 0.6) is 0 Å². The standard InChI is InChI=1S/C14H19N3O/c1-4-18-14(2,3)9-15-13-11-7-5-6-8-12(11)16-10-17-13/h5-8,10H,4,9H2,1-3H3,(H,15,16,17). The smallest absolute Gasteiger partial charge is 0.137 e. The second-order valence-electron chi connectivity index (χ2n) is 4.79. The van der Waals surface area contributed by atoms with Crippen LogP contribution in [0.3, 0.4) is 0 Å². The third-order valence-electron chi connectivity index (χ3n) is 2.76. The van der Waals surface area contributed by atoms with Crippen LogP contribution in [0.1, 0.15) is 20.8 Å². The minimum Gasteiger partial charge on any atom is -0.374 e. The molecule has 96 valence electrons. The minimum atomic E-state index is -0.208. The van der Waals surface area contributed by atoms with Crippen molar-refractivity contribution in [2.75, 3.05) is 18.5 Å². The Morgan fingerprint density at radius 3 is 2.78 bits per heavy atom. The highest BCUT2D eigenvalue weighted by atomic mass is 16.5. The van der Waals surface area contributed by atoms with Gasteiger partial charge in [-0.05, 0) is 32.9 Å². The number of para-hydroxylation sites is 1. The lowest BCUT2D eigenvalue weighted by Crippen LogP contribution is -2.33. The summed E-state index contributed by atoms with van der Waals surface area (Å²) in [6, 6.07) is 7.97. The maximum atomic E-state index is 5.66. The molecule has 0 amide bonds. The highest BCUT2D eigenvalue weighted by molar-refractivity contribution is 5.88. The Labute approximate surface area is 107 Å². The second-order valence-corrected chi connectivity index (χ2v) is 4.79. The van der Waals surface area contributed by atoms with Crippen molar-refractivity contribution >= 4 is 16.7 Å². The molecule has 2 rings (SSSR count). The van der Waals surface area contributed by atoms with Crippen LogP contribution in [0.25, 0.3) is 10.9 Å². The summed E-state index contributed by atoms with van der Waals surface area (Å²) < 4.78 is 5.66. The molecule has 1 N–H and O–H groups in total. The van der Waals surface area contributed by atoms with Crippen LogP contribution in [0.15, 0.2) is 30.6 Å². The fourth-order valence-corrected chi connectivity index (χ4v) is 1.88. The number of hydrogen-bond donors (Lipinski definition) is 1. The van der Waals surface area contributed by atoms with Gasteiger partial charge in [0.05, 0.1) is 11.1 Å². The SMILES string of the molecule is CCOC(C)(C)CNc1ncnc2ccccc12. The van der Waals surface area contributed by atoms with Crippen LogP contribution in [0.2, 0.25) is 0 Å². The van der Waals surface area contributed by atoms with Gasteiger partial charge >= 0.3 is 0 Å². The first-order chi connectivity index (χ1) is 8.62. The molecule has 4 heteroatoms. The topological polar surface area (TPSA) is 47.0 Å². The van der Waals surface area contributed by atoms with Gasteiger partial charge in [-0.2, -0.15) is 0 Å². The average Bonchev–Trinajstić information content (AvgIpc) is 2.36. The van der Waals surface area contributed by atoms with Crippen LogP contribution in [0.4, 0.5) is 5.82 Å². The largest absolute Gasteiger partial charge is 0.374 e. The van der Waals surface area contributed by atoms with E-state index in [9.17, 15) is 0 Å². The molecule has 0 atom stereocenters. The molecule has 0 bridgehead atoms. The van der Waals surface area contributed by atoms with E-state index in [1.807, 2.05) is 31.2 Å². The van der Waals surface area contributed by atoms with Gasteiger partial charge in [-0.15, -0.1) is 0 Å². The lowest BCUT2D eigenvalue weighted by molar-refractivity contribution is 0.000663. The van der Waals surface area contributed by atoms with Crippen molar-refractivity contribution in [1.29, 1.82) is 0 Å². The van der Waals surface area contributed by atoms with Crippen LogP contribution in [0, 0.1) is 0 Å². The van der Waals surface area contributed by atoms with E-state index >= 15 is 0 Å². The first-order valence-corrected chi connectivity index (χ1v) is 6.20. The Bertz CT molecular complexity index is 520. The van der Waals surface area contributed by atoms with Crippen LogP contribution < -0.4 is 5.32 Å². The molecule has 1 heterocycles. The lowest BCUT2D eigenvalue weighted by Gasteiger charge is -2.25. The Hall–Kier alpha value is -1.68. The molecule has 0 saturated heterocycles. The molecule has 0 aliphatic heterocycles. The number of fused-ring (bicyclic) bond motifs is 1. The highest BCUT2D eigenvalue weighted by Crippen LogP contribution is 2.19. The van der Waals surface area contributed by atoms with Crippen LogP contribution in [-0.2, 0) is 4.74 Å². The maximum absolute atomic E-state index is 5.66. The zero-order valence-corrected chi connectivity index (χ0v) is 11.1. The monoisotopic (exact) mass is 245 g/mol. The first kappa shape index (κ1) is 12.8. The van der Waals surface area contributed by atoms with Crippen molar-refractivity contribution in [2.45, 2.75) is 26.4 Å². The molecule has 1 aromatic heterocycles. The van der Waals surface area contributed by atoms with Crippen molar-refractivity contribution < 1.29 is 4.74 Å². The van der Waals surface area contributed by atoms with Gasteiger partial charge in [0.1, 0.15) is 12.1 Å². The summed E-state index contributed by atoms with van der Waals surface area (Å²) in [6.07, 6.45) is 1.58. The summed E-state index contributed by atoms with van der Waals surface area (Å²) in [4.78, 5) is 8.53. The second kappa shape index (κ2) is 5.31. The Balaban J connectivity index is 2.17. The molecular weight excluding hydrogens is 226 g/mol. The zero-order valence-electron chi connectivity index (χ0n) is 11.1. The third kappa shape index (κ3) is 2.96. The molecule has 0 aliphatic carbocycles. The molecule has 1 aromatic carbocycles. The maximum Gasteiger partial charge on any atom is 0.137 e. The van der Waals surface area contributed by atoms with Crippen molar-refractivity contribution in [1.82, 2.24) is 9.97 Å². The van der Waals surface area contributed by atoms with Gasteiger partial charge in [0.2, 0.25) is 0 Å². The van der Waals surface area contributed by atoms with Gasteiger partial charge in [0, 0.05) is 18.5 Å². The fourth-order valence-electron chi connectivity index (χ4n) is 1.88. The molecule has 0 fully saturated rings. The third-order valence-corrected chi connectivity index (χ3v) is 2.76. The van der Waals surface area contributed by atoms with E-state index in [0.29, 0.717) is 13.2 Å². The number of nitrogens with one attached hydrogen (secondary N) is 1. The molecule has 0 unspecified atom stereocenters. The zero-order chi connectivity index (χ0) is 13.0.